The van der Waals surface area contributed by atoms with Gasteiger partial charge in [-0.25, -0.2) is 4.98 Å². The van der Waals surface area contributed by atoms with Crippen LogP contribution in [0, 0.1) is 5.92 Å². The highest BCUT2D eigenvalue weighted by atomic mass is 32.1. The van der Waals surface area contributed by atoms with Crippen molar-refractivity contribution in [3.8, 4) is 0 Å². The standard InChI is InChI=1S/C10H17N3S/c1-8-3-2-4-13(6-8)7-10-12-5-9(11)14-10/h5,8H,2-4,6-7,11H2,1H3. The molecule has 3 nitrogen and oxygen atoms in total. The van der Waals surface area contributed by atoms with Crippen LogP contribution in [-0.2, 0) is 6.54 Å². The number of likely N-dealkylation sites (tertiary alicyclic amines) is 1. The second kappa shape index (κ2) is 4.28. The number of rotatable bonds is 2. The van der Waals surface area contributed by atoms with Crippen LogP contribution in [0.5, 0.6) is 0 Å². The Morgan fingerprint density at radius 3 is 3.21 bits per heavy atom. The van der Waals surface area contributed by atoms with Crippen molar-refractivity contribution in [1.82, 2.24) is 9.88 Å². The lowest BCUT2D eigenvalue weighted by Crippen LogP contribution is -2.33. The molecule has 14 heavy (non-hydrogen) atoms. The molecule has 2 heterocycles. The number of nitrogens with zero attached hydrogens (tertiary/aromatic N) is 2. The summed E-state index contributed by atoms with van der Waals surface area (Å²) in [6, 6.07) is 0. The molecule has 1 aromatic rings. The van der Waals surface area contributed by atoms with Gasteiger partial charge in [0.25, 0.3) is 0 Å². The summed E-state index contributed by atoms with van der Waals surface area (Å²) in [5.74, 6) is 0.834. The van der Waals surface area contributed by atoms with Gasteiger partial charge in [0.2, 0.25) is 0 Å². The van der Waals surface area contributed by atoms with Crippen molar-refractivity contribution in [1.29, 1.82) is 0 Å². The fourth-order valence-corrected chi connectivity index (χ4v) is 2.75. The third kappa shape index (κ3) is 2.45. The summed E-state index contributed by atoms with van der Waals surface area (Å²) in [6.07, 6.45) is 4.45. The zero-order chi connectivity index (χ0) is 9.97. The molecule has 1 fully saturated rings. The normalized spacial score (nSPS) is 23.9. The van der Waals surface area contributed by atoms with Crippen LogP contribution in [0.3, 0.4) is 0 Å². The molecule has 0 aliphatic carbocycles. The van der Waals surface area contributed by atoms with Gasteiger partial charge in [-0.05, 0) is 25.3 Å². The van der Waals surface area contributed by atoms with E-state index >= 15 is 0 Å². The molecule has 1 aromatic heterocycles. The van der Waals surface area contributed by atoms with Crippen LogP contribution in [0.25, 0.3) is 0 Å². The van der Waals surface area contributed by atoms with E-state index < -0.39 is 0 Å². The Bertz CT molecular complexity index is 297. The minimum atomic E-state index is 0.824. The zero-order valence-corrected chi connectivity index (χ0v) is 9.39. The molecular formula is C10H17N3S. The maximum Gasteiger partial charge on any atom is 0.109 e. The van der Waals surface area contributed by atoms with Crippen molar-refractivity contribution < 1.29 is 0 Å². The molecule has 0 bridgehead atoms. The number of nitrogen functional groups attached to an aromatic ring is 1. The highest BCUT2D eigenvalue weighted by Crippen LogP contribution is 2.20. The van der Waals surface area contributed by atoms with E-state index in [1.807, 2.05) is 0 Å². The van der Waals surface area contributed by atoms with E-state index in [1.165, 1.54) is 25.9 Å². The van der Waals surface area contributed by atoms with E-state index in [4.69, 9.17) is 5.73 Å². The van der Waals surface area contributed by atoms with Crippen molar-refractivity contribution in [3.63, 3.8) is 0 Å². The Morgan fingerprint density at radius 2 is 2.57 bits per heavy atom. The maximum atomic E-state index is 5.65. The fourth-order valence-electron chi connectivity index (χ4n) is 2.02. The SMILES string of the molecule is CC1CCCN(Cc2ncc(N)s2)C1. The molecule has 0 amide bonds. The van der Waals surface area contributed by atoms with Gasteiger partial charge in [0.1, 0.15) is 10.0 Å². The summed E-state index contributed by atoms with van der Waals surface area (Å²) in [4.78, 5) is 6.77. The van der Waals surface area contributed by atoms with Crippen LogP contribution in [-0.4, -0.2) is 23.0 Å². The first-order valence-electron chi connectivity index (χ1n) is 5.16. The van der Waals surface area contributed by atoms with Gasteiger partial charge in [-0.1, -0.05) is 6.92 Å². The number of piperidine rings is 1. The number of thiazole rings is 1. The van der Waals surface area contributed by atoms with E-state index in [9.17, 15) is 0 Å². The van der Waals surface area contributed by atoms with Crippen molar-refractivity contribution in [3.05, 3.63) is 11.2 Å². The Labute approximate surface area is 88.9 Å². The van der Waals surface area contributed by atoms with Crippen molar-refractivity contribution in [2.45, 2.75) is 26.3 Å². The van der Waals surface area contributed by atoms with E-state index in [1.54, 1.807) is 17.5 Å². The first-order valence-corrected chi connectivity index (χ1v) is 5.98. The Balaban J connectivity index is 1.90. The predicted octanol–water partition coefficient (Wildman–Crippen LogP) is 1.96. The molecule has 0 aromatic carbocycles. The lowest BCUT2D eigenvalue weighted by Gasteiger charge is -2.29. The van der Waals surface area contributed by atoms with E-state index in [0.29, 0.717) is 0 Å². The molecule has 2 rings (SSSR count). The maximum absolute atomic E-state index is 5.65. The van der Waals surface area contributed by atoms with Crippen LogP contribution >= 0.6 is 11.3 Å². The molecule has 1 atom stereocenters. The average molecular weight is 211 g/mol. The van der Waals surface area contributed by atoms with Gasteiger partial charge in [0, 0.05) is 6.54 Å². The van der Waals surface area contributed by atoms with Crippen LogP contribution in [0.2, 0.25) is 0 Å². The minimum Gasteiger partial charge on any atom is -0.389 e. The van der Waals surface area contributed by atoms with Gasteiger partial charge in [0.05, 0.1) is 12.7 Å². The van der Waals surface area contributed by atoms with Gasteiger partial charge in [-0.15, -0.1) is 11.3 Å². The molecule has 0 radical (unpaired) electrons. The summed E-state index contributed by atoms with van der Waals surface area (Å²) >= 11 is 1.61. The topological polar surface area (TPSA) is 42.2 Å². The number of aromatic nitrogens is 1. The molecule has 78 valence electrons. The number of hydrogen-bond donors (Lipinski definition) is 1. The van der Waals surface area contributed by atoms with Crippen molar-refractivity contribution in [2.75, 3.05) is 18.8 Å². The first-order chi connectivity index (χ1) is 6.74. The molecule has 1 aliphatic rings. The first kappa shape index (κ1) is 9.93. The average Bonchev–Trinajstić information content (AvgIpc) is 2.51. The molecular weight excluding hydrogens is 194 g/mol. The summed E-state index contributed by atoms with van der Waals surface area (Å²) < 4.78 is 0. The lowest BCUT2D eigenvalue weighted by atomic mass is 10.0. The summed E-state index contributed by atoms with van der Waals surface area (Å²) in [7, 11) is 0. The third-order valence-corrected chi connectivity index (χ3v) is 3.48. The highest BCUT2D eigenvalue weighted by molar-refractivity contribution is 7.15. The molecule has 2 N–H and O–H groups in total. The number of hydrogen-bond acceptors (Lipinski definition) is 4. The summed E-state index contributed by atoms with van der Waals surface area (Å²) in [5.41, 5.74) is 5.65. The minimum absolute atomic E-state index is 0.824. The van der Waals surface area contributed by atoms with Gasteiger partial charge in [-0.2, -0.15) is 0 Å². The van der Waals surface area contributed by atoms with Crippen molar-refractivity contribution >= 4 is 16.3 Å². The van der Waals surface area contributed by atoms with Crippen LogP contribution < -0.4 is 5.73 Å². The van der Waals surface area contributed by atoms with Gasteiger partial charge >= 0.3 is 0 Å². The smallest absolute Gasteiger partial charge is 0.109 e. The quantitative estimate of drug-likeness (QED) is 0.813. The molecule has 1 saturated heterocycles. The Hall–Kier alpha value is -0.610. The van der Waals surface area contributed by atoms with Crippen molar-refractivity contribution in [2.24, 2.45) is 5.92 Å². The zero-order valence-electron chi connectivity index (χ0n) is 8.57. The lowest BCUT2D eigenvalue weighted by molar-refractivity contribution is 0.176. The highest BCUT2D eigenvalue weighted by Gasteiger charge is 2.17. The molecule has 0 saturated carbocycles. The second-order valence-electron chi connectivity index (χ2n) is 4.14. The molecule has 4 heteroatoms. The van der Waals surface area contributed by atoms with Crippen LogP contribution in [0.15, 0.2) is 6.20 Å². The molecule has 1 aliphatic heterocycles. The molecule has 1 unspecified atom stereocenters. The second-order valence-corrected chi connectivity index (χ2v) is 5.29. The largest absolute Gasteiger partial charge is 0.389 e. The van der Waals surface area contributed by atoms with Gasteiger partial charge in [0.15, 0.2) is 0 Å². The molecule has 0 spiro atoms. The number of nitrogens with two attached hydrogens (primary N) is 1. The Kier molecular flexibility index (Phi) is 3.03. The van der Waals surface area contributed by atoms with Crippen LogP contribution in [0.1, 0.15) is 24.8 Å². The third-order valence-electron chi connectivity index (χ3n) is 2.67. The van der Waals surface area contributed by atoms with Crippen LogP contribution in [0.4, 0.5) is 5.00 Å². The van der Waals surface area contributed by atoms with E-state index in [2.05, 4.69) is 16.8 Å². The summed E-state index contributed by atoms with van der Waals surface area (Å²) in [6.45, 7) is 5.72. The number of anilines is 1. The van der Waals surface area contributed by atoms with Gasteiger partial charge < -0.3 is 5.73 Å². The summed E-state index contributed by atoms with van der Waals surface area (Å²) in [5, 5.41) is 1.97. The monoisotopic (exact) mass is 211 g/mol. The van der Waals surface area contributed by atoms with E-state index in [-0.39, 0.29) is 0 Å². The Morgan fingerprint density at radius 1 is 1.71 bits per heavy atom. The fraction of sp³-hybridized carbons (Fsp3) is 0.700. The van der Waals surface area contributed by atoms with Gasteiger partial charge in [-0.3, -0.25) is 4.90 Å². The predicted molar refractivity (Wildman–Crippen MR) is 60.2 cm³/mol. The van der Waals surface area contributed by atoms with E-state index in [0.717, 1.165) is 22.5 Å².